The Hall–Kier alpha value is -1.51. The van der Waals surface area contributed by atoms with Crippen molar-refractivity contribution in [2.45, 2.75) is 19.8 Å². The molecular formula is C17H16Cl2O2. The predicted molar refractivity (Wildman–Crippen MR) is 86.7 cm³/mol. The van der Waals surface area contributed by atoms with Crippen LogP contribution in [0.1, 0.15) is 35.7 Å². The minimum Gasteiger partial charge on any atom is -0.494 e. The minimum absolute atomic E-state index is 0.150. The molecule has 0 aliphatic heterocycles. The molecule has 0 amide bonds. The van der Waals surface area contributed by atoms with Crippen molar-refractivity contribution in [1.82, 2.24) is 0 Å². The van der Waals surface area contributed by atoms with Crippen LogP contribution in [0.4, 0.5) is 0 Å². The number of benzene rings is 2. The van der Waals surface area contributed by atoms with Crippen molar-refractivity contribution in [2.75, 3.05) is 6.61 Å². The lowest BCUT2D eigenvalue weighted by Gasteiger charge is -2.07. The summed E-state index contributed by atoms with van der Waals surface area (Å²) in [6, 6.07) is 11.9. The number of halogens is 2. The summed E-state index contributed by atoms with van der Waals surface area (Å²) in [5, 5.41) is 0.884. The van der Waals surface area contributed by atoms with Gasteiger partial charge in [0.2, 0.25) is 0 Å². The zero-order valence-electron chi connectivity index (χ0n) is 11.7. The molecular weight excluding hydrogens is 307 g/mol. The Labute approximate surface area is 134 Å². The second-order valence-electron chi connectivity index (χ2n) is 4.68. The predicted octanol–water partition coefficient (Wildman–Crippen LogP) is 5.40. The van der Waals surface area contributed by atoms with Gasteiger partial charge >= 0.3 is 0 Å². The monoisotopic (exact) mass is 322 g/mol. The van der Waals surface area contributed by atoms with Gasteiger partial charge in [-0.3, -0.25) is 4.79 Å². The van der Waals surface area contributed by atoms with Gasteiger partial charge in [0.25, 0.3) is 0 Å². The fourth-order valence-electron chi connectivity index (χ4n) is 1.86. The molecule has 0 bridgehead atoms. The van der Waals surface area contributed by atoms with Gasteiger partial charge < -0.3 is 4.74 Å². The maximum Gasteiger partial charge on any atom is 0.194 e. The molecule has 0 aliphatic carbocycles. The molecule has 0 radical (unpaired) electrons. The first-order valence-corrected chi connectivity index (χ1v) is 7.60. The van der Waals surface area contributed by atoms with E-state index in [0.29, 0.717) is 27.8 Å². The van der Waals surface area contributed by atoms with Crippen LogP contribution in [-0.2, 0) is 0 Å². The second kappa shape index (κ2) is 7.48. The third kappa shape index (κ3) is 4.23. The highest BCUT2D eigenvalue weighted by Crippen LogP contribution is 2.24. The highest BCUT2D eigenvalue weighted by atomic mass is 35.5. The maximum absolute atomic E-state index is 12.4. The zero-order chi connectivity index (χ0) is 15.2. The van der Waals surface area contributed by atoms with E-state index in [-0.39, 0.29) is 5.78 Å². The van der Waals surface area contributed by atoms with Gasteiger partial charge in [0.15, 0.2) is 5.78 Å². The van der Waals surface area contributed by atoms with Crippen LogP contribution < -0.4 is 4.74 Å². The molecule has 0 fully saturated rings. The second-order valence-corrected chi connectivity index (χ2v) is 5.52. The molecule has 0 N–H and O–H groups in total. The molecule has 0 atom stereocenters. The van der Waals surface area contributed by atoms with Crippen LogP contribution in [0.3, 0.4) is 0 Å². The molecule has 0 unspecified atom stereocenters. The summed E-state index contributed by atoms with van der Waals surface area (Å²) < 4.78 is 5.57. The smallest absolute Gasteiger partial charge is 0.194 e. The van der Waals surface area contributed by atoms with E-state index in [1.807, 2.05) is 0 Å². The van der Waals surface area contributed by atoms with Crippen LogP contribution >= 0.6 is 23.2 Å². The highest BCUT2D eigenvalue weighted by Gasteiger charge is 2.13. The molecule has 2 rings (SSSR count). The molecule has 110 valence electrons. The van der Waals surface area contributed by atoms with Crippen LogP contribution in [0.15, 0.2) is 42.5 Å². The van der Waals surface area contributed by atoms with Gasteiger partial charge in [0, 0.05) is 16.1 Å². The molecule has 4 heteroatoms. The van der Waals surface area contributed by atoms with Crippen molar-refractivity contribution < 1.29 is 9.53 Å². The molecule has 0 aromatic heterocycles. The average Bonchev–Trinajstić information content (AvgIpc) is 2.50. The van der Waals surface area contributed by atoms with E-state index < -0.39 is 0 Å². The molecule has 2 nitrogen and oxygen atoms in total. The first-order chi connectivity index (χ1) is 10.1. The van der Waals surface area contributed by atoms with E-state index >= 15 is 0 Å². The van der Waals surface area contributed by atoms with Gasteiger partial charge in [-0.2, -0.15) is 0 Å². The van der Waals surface area contributed by atoms with Crippen molar-refractivity contribution in [2.24, 2.45) is 0 Å². The number of unbranched alkanes of at least 4 members (excludes halogenated alkanes) is 1. The number of ether oxygens (including phenoxy) is 1. The lowest BCUT2D eigenvalue weighted by atomic mass is 10.0. The number of ketones is 1. The fraction of sp³-hybridized carbons (Fsp3) is 0.235. The first-order valence-electron chi connectivity index (χ1n) is 6.84. The number of hydrogen-bond donors (Lipinski definition) is 0. The van der Waals surface area contributed by atoms with Gasteiger partial charge in [-0.15, -0.1) is 0 Å². The Morgan fingerprint density at radius 2 is 1.81 bits per heavy atom. The highest BCUT2D eigenvalue weighted by molar-refractivity contribution is 6.36. The first kappa shape index (κ1) is 15.9. The topological polar surface area (TPSA) is 26.3 Å². The van der Waals surface area contributed by atoms with Crippen molar-refractivity contribution in [3.63, 3.8) is 0 Å². The summed E-state index contributed by atoms with van der Waals surface area (Å²) in [6.45, 7) is 2.80. The standard InChI is InChI=1S/C17H16Cl2O2/c1-2-3-10-21-14-7-4-12(5-8-14)17(20)15-11-13(18)6-9-16(15)19/h4-9,11H,2-3,10H2,1H3. The van der Waals surface area contributed by atoms with Crippen LogP contribution in [0, 0.1) is 0 Å². The molecule has 0 saturated heterocycles. The molecule has 0 heterocycles. The molecule has 0 spiro atoms. The lowest BCUT2D eigenvalue weighted by Crippen LogP contribution is -2.03. The van der Waals surface area contributed by atoms with Gasteiger partial charge in [0.05, 0.1) is 11.6 Å². The molecule has 2 aromatic carbocycles. The Morgan fingerprint density at radius 1 is 1.10 bits per heavy atom. The summed E-state index contributed by atoms with van der Waals surface area (Å²) in [5.74, 6) is 0.611. The Kier molecular flexibility index (Phi) is 5.66. The quantitative estimate of drug-likeness (QED) is 0.525. The van der Waals surface area contributed by atoms with Crippen molar-refractivity contribution >= 4 is 29.0 Å². The molecule has 2 aromatic rings. The number of hydrogen-bond acceptors (Lipinski definition) is 2. The molecule has 21 heavy (non-hydrogen) atoms. The lowest BCUT2D eigenvalue weighted by molar-refractivity contribution is 0.103. The minimum atomic E-state index is -0.150. The van der Waals surface area contributed by atoms with E-state index in [9.17, 15) is 4.79 Å². The van der Waals surface area contributed by atoms with E-state index in [1.165, 1.54) is 0 Å². The summed E-state index contributed by atoms with van der Waals surface area (Å²) >= 11 is 12.0. The Balaban J connectivity index is 2.14. The number of carbonyl (C=O) groups excluding carboxylic acids is 1. The summed E-state index contributed by atoms with van der Waals surface area (Å²) in [5.41, 5.74) is 0.964. The third-order valence-corrected chi connectivity index (χ3v) is 3.62. The average molecular weight is 323 g/mol. The SMILES string of the molecule is CCCCOc1ccc(C(=O)c2cc(Cl)ccc2Cl)cc1. The van der Waals surface area contributed by atoms with Crippen LogP contribution in [0.5, 0.6) is 5.75 Å². The van der Waals surface area contributed by atoms with Gasteiger partial charge in [-0.05, 0) is 48.9 Å². The van der Waals surface area contributed by atoms with Gasteiger partial charge in [-0.25, -0.2) is 0 Å². The van der Waals surface area contributed by atoms with Crippen LogP contribution in [0.25, 0.3) is 0 Å². The maximum atomic E-state index is 12.4. The van der Waals surface area contributed by atoms with E-state index in [2.05, 4.69) is 6.92 Å². The van der Waals surface area contributed by atoms with Crippen molar-refractivity contribution in [1.29, 1.82) is 0 Å². The largest absolute Gasteiger partial charge is 0.494 e. The van der Waals surface area contributed by atoms with E-state index in [4.69, 9.17) is 27.9 Å². The van der Waals surface area contributed by atoms with Gasteiger partial charge in [-0.1, -0.05) is 36.5 Å². The number of rotatable bonds is 6. The van der Waals surface area contributed by atoms with E-state index in [0.717, 1.165) is 18.6 Å². The summed E-state index contributed by atoms with van der Waals surface area (Å²) in [4.78, 5) is 12.4. The fourth-order valence-corrected chi connectivity index (χ4v) is 2.24. The summed E-state index contributed by atoms with van der Waals surface area (Å²) in [7, 11) is 0. The van der Waals surface area contributed by atoms with Crippen molar-refractivity contribution in [3.8, 4) is 5.75 Å². The molecule has 0 aliphatic rings. The Bertz CT molecular complexity index is 621. The zero-order valence-corrected chi connectivity index (χ0v) is 13.2. The van der Waals surface area contributed by atoms with E-state index in [1.54, 1.807) is 42.5 Å². The van der Waals surface area contributed by atoms with Gasteiger partial charge in [0.1, 0.15) is 5.75 Å². The summed E-state index contributed by atoms with van der Waals surface area (Å²) in [6.07, 6.45) is 2.10. The van der Waals surface area contributed by atoms with Crippen LogP contribution in [0.2, 0.25) is 10.0 Å². The van der Waals surface area contributed by atoms with Crippen LogP contribution in [-0.4, -0.2) is 12.4 Å². The normalized spacial score (nSPS) is 10.4. The Morgan fingerprint density at radius 3 is 2.48 bits per heavy atom. The number of carbonyl (C=O) groups is 1. The molecule has 0 saturated carbocycles. The third-order valence-electron chi connectivity index (χ3n) is 3.06. The van der Waals surface area contributed by atoms with Crippen molar-refractivity contribution in [3.05, 3.63) is 63.6 Å².